The van der Waals surface area contributed by atoms with Gasteiger partial charge in [-0.3, -0.25) is 4.79 Å². The molecule has 3 rings (SSSR count). The number of ketones is 1. The van der Waals surface area contributed by atoms with E-state index < -0.39 is 11.0 Å². The van der Waals surface area contributed by atoms with E-state index in [-0.39, 0.29) is 16.9 Å². The molecular formula is C21H27ClN2O2Si. The molecule has 144 valence electrons. The molecule has 2 radical (unpaired) electrons. The van der Waals surface area contributed by atoms with Crippen molar-refractivity contribution in [1.82, 2.24) is 9.55 Å². The van der Waals surface area contributed by atoms with Crippen LogP contribution in [0, 0.1) is 5.41 Å². The average molecular weight is 403 g/mol. The number of carbonyl (C=O) groups is 1. The number of hydrogen-bond donors (Lipinski definition) is 0. The number of hydrogen-bond acceptors (Lipinski definition) is 3. The maximum Gasteiger partial charge on any atom is 0.237 e. The second-order valence-corrected chi connectivity index (χ2v) is 11.6. The number of fused-ring (bicyclic) bond motifs is 1. The summed E-state index contributed by atoms with van der Waals surface area (Å²) in [5.74, 6) is 0.111. The van der Waals surface area contributed by atoms with Gasteiger partial charge in [-0.1, -0.05) is 58.4 Å². The van der Waals surface area contributed by atoms with Crippen molar-refractivity contribution in [3.63, 3.8) is 0 Å². The number of carbonyl (C=O) groups excluding carboxylic acids is 1. The van der Waals surface area contributed by atoms with Crippen molar-refractivity contribution in [3.8, 4) is 0 Å². The number of halogens is 1. The van der Waals surface area contributed by atoms with E-state index in [1.165, 1.54) is 0 Å². The number of imidazole rings is 1. The van der Waals surface area contributed by atoms with Gasteiger partial charge < -0.3 is 8.99 Å². The van der Waals surface area contributed by atoms with Crippen LogP contribution in [0.5, 0.6) is 0 Å². The lowest BCUT2D eigenvalue weighted by molar-refractivity contribution is 0.0775. The number of benzene rings is 1. The van der Waals surface area contributed by atoms with E-state index in [0.717, 1.165) is 11.3 Å². The van der Waals surface area contributed by atoms with Crippen LogP contribution in [0.2, 0.25) is 10.1 Å². The van der Waals surface area contributed by atoms with Gasteiger partial charge in [-0.15, -0.1) is 0 Å². The highest BCUT2D eigenvalue weighted by Crippen LogP contribution is 2.51. The molecule has 0 fully saturated rings. The first-order valence-electron chi connectivity index (χ1n) is 9.17. The molecule has 1 atom stereocenters. The maximum absolute atomic E-state index is 13.1. The first-order chi connectivity index (χ1) is 12.4. The number of rotatable bonds is 4. The summed E-state index contributed by atoms with van der Waals surface area (Å²) < 4.78 is 8.37. The third kappa shape index (κ3) is 3.53. The van der Waals surface area contributed by atoms with Gasteiger partial charge in [-0.25, -0.2) is 4.98 Å². The lowest BCUT2D eigenvalue weighted by atomic mass is 9.83. The summed E-state index contributed by atoms with van der Waals surface area (Å²) in [5, 5.41) is 0.701. The van der Waals surface area contributed by atoms with E-state index in [9.17, 15) is 4.79 Å². The minimum atomic E-state index is -0.620. The maximum atomic E-state index is 13.1. The molecular weight excluding hydrogens is 376 g/mol. The first kappa shape index (κ1) is 20.3. The highest BCUT2D eigenvalue weighted by molar-refractivity contribution is 6.32. The molecule has 0 spiro atoms. The summed E-state index contributed by atoms with van der Waals surface area (Å²) in [6.07, 6.45) is 3.63. The zero-order valence-corrected chi connectivity index (χ0v) is 18.8. The van der Waals surface area contributed by atoms with Gasteiger partial charge in [0, 0.05) is 16.1 Å². The minimum Gasteiger partial charge on any atom is -0.406 e. The number of aromatic nitrogens is 2. The Balaban J connectivity index is 2.09. The average Bonchev–Trinajstić information content (AvgIpc) is 3.10. The fourth-order valence-electron chi connectivity index (χ4n) is 3.64. The molecule has 6 heteroatoms. The Labute approximate surface area is 169 Å². The SMILES string of the molecule is CC(C)(C)[Si]OC(C)(C)c1cncn1C1c2c(Cl)cccc2C(=O)C1(C)C. The largest absolute Gasteiger partial charge is 0.406 e. The molecule has 0 N–H and O–H groups in total. The Morgan fingerprint density at radius 1 is 1.22 bits per heavy atom. The summed E-state index contributed by atoms with van der Waals surface area (Å²) in [7, 11) is 0.346. The molecule has 0 saturated heterocycles. The molecule has 1 aliphatic carbocycles. The molecule has 1 unspecified atom stereocenters. The van der Waals surface area contributed by atoms with E-state index >= 15 is 0 Å². The lowest BCUT2D eigenvalue weighted by Crippen LogP contribution is -2.34. The molecule has 4 nitrogen and oxygen atoms in total. The van der Waals surface area contributed by atoms with Crippen molar-refractivity contribution < 1.29 is 9.22 Å². The normalized spacial score (nSPS) is 19.4. The molecule has 0 saturated carbocycles. The van der Waals surface area contributed by atoms with Crippen molar-refractivity contribution in [2.24, 2.45) is 5.41 Å². The Hall–Kier alpha value is -1.43. The summed E-state index contributed by atoms with van der Waals surface area (Å²) in [5.41, 5.74) is 1.36. The van der Waals surface area contributed by atoms with E-state index in [0.29, 0.717) is 20.3 Å². The fraction of sp³-hybridized carbons (Fsp3) is 0.524. The van der Waals surface area contributed by atoms with Gasteiger partial charge >= 0.3 is 0 Å². The molecule has 0 bridgehead atoms. The van der Waals surface area contributed by atoms with Crippen LogP contribution in [0.1, 0.15) is 76.1 Å². The van der Waals surface area contributed by atoms with Crippen LogP contribution in [0.4, 0.5) is 0 Å². The zero-order valence-electron chi connectivity index (χ0n) is 17.1. The van der Waals surface area contributed by atoms with Gasteiger partial charge in [0.1, 0.15) is 0 Å². The van der Waals surface area contributed by atoms with Crippen molar-refractivity contribution in [2.45, 2.75) is 65.1 Å². The van der Waals surface area contributed by atoms with E-state index in [1.807, 2.05) is 38.2 Å². The van der Waals surface area contributed by atoms with Gasteiger partial charge in [0.15, 0.2) is 5.78 Å². The van der Waals surface area contributed by atoms with Crippen LogP contribution < -0.4 is 0 Å². The molecule has 1 aromatic carbocycles. The Morgan fingerprint density at radius 3 is 2.52 bits per heavy atom. The molecule has 1 heterocycles. The Morgan fingerprint density at radius 2 is 1.89 bits per heavy atom. The van der Waals surface area contributed by atoms with Crippen molar-refractivity contribution in [2.75, 3.05) is 0 Å². The van der Waals surface area contributed by atoms with Crippen molar-refractivity contribution >= 4 is 27.1 Å². The van der Waals surface area contributed by atoms with Gasteiger partial charge in [0.25, 0.3) is 0 Å². The quantitative estimate of drug-likeness (QED) is 0.639. The second kappa shape index (κ2) is 6.57. The third-order valence-corrected chi connectivity index (χ3v) is 6.57. The predicted molar refractivity (Wildman–Crippen MR) is 110 cm³/mol. The van der Waals surface area contributed by atoms with Crippen molar-refractivity contribution in [1.29, 1.82) is 0 Å². The highest BCUT2D eigenvalue weighted by Gasteiger charge is 2.49. The number of Topliss-reactive ketones (excluding diaryl/α,β-unsaturated/α-hetero) is 1. The molecule has 1 aromatic heterocycles. The summed E-state index contributed by atoms with van der Waals surface area (Å²) in [4.78, 5) is 17.5. The summed E-state index contributed by atoms with van der Waals surface area (Å²) in [6.45, 7) is 14.5. The zero-order chi connectivity index (χ0) is 20.2. The molecule has 27 heavy (non-hydrogen) atoms. The second-order valence-electron chi connectivity index (χ2n) is 9.31. The van der Waals surface area contributed by atoms with Gasteiger partial charge in [-0.2, -0.15) is 0 Å². The van der Waals surface area contributed by atoms with Crippen LogP contribution in [-0.4, -0.2) is 25.1 Å². The monoisotopic (exact) mass is 402 g/mol. The smallest absolute Gasteiger partial charge is 0.237 e. The Bertz CT molecular complexity index is 881. The van der Waals surface area contributed by atoms with E-state index in [4.69, 9.17) is 16.0 Å². The van der Waals surface area contributed by atoms with Crippen LogP contribution in [0.15, 0.2) is 30.7 Å². The van der Waals surface area contributed by atoms with Crippen LogP contribution in [-0.2, 0) is 10.0 Å². The van der Waals surface area contributed by atoms with Gasteiger partial charge in [0.05, 0.1) is 35.3 Å². The van der Waals surface area contributed by atoms with Gasteiger partial charge in [0.2, 0.25) is 9.76 Å². The highest BCUT2D eigenvalue weighted by atomic mass is 35.5. The Kier molecular flexibility index (Phi) is 4.94. The minimum absolute atomic E-state index is 0.0840. The molecule has 0 aliphatic heterocycles. The predicted octanol–water partition coefficient (Wildman–Crippen LogP) is 5.44. The lowest BCUT2D eigenvalue weighted by Gasteiger charge is -2.34. The third-order valence-electron chi connectivity index (χ3n) is 5.01. The summed E-state index contributed by atoms with van der Waals surface area (Å²) >= 11 is 6.55. The fourth-order valence-corrected chi connectivity index (χ4v) is 4.59. The molecule has 2 aromatic rings. The number of nitrogens with zero attached hydrogens (tertiary/aromatic N) is 2. The molecule has 0 amide bonds. The van der Waals surface area contributed by atoms with E-state index in [2.05, 4.69) is 44.2 Å². The summed E-state index contributed by atoms with van der Waals surface area (Å²) in [6, 6.07) is 5.34. The van der Waals surface area contributed by atoms with Crippen LogP contribution in [0.3, 0.4) is 0 Å². The topological polar surface area (TPSA) is 44.1 Å². The van der Waals surface area contributed by atoms with Gasteiger partial charge in [-0.05, 0) is 25.0 Å². The van der Waals surface area contributed by atoms with Crippen molar-refractivity contribution in [3.05, 3.63) is 52.6 Å². The van der Waals surface area contributed by atoms with Crippen LogP contribution in [0.25, 0.3) is 0 Å². The van der Waals surface area contributed by atoms with E-state index in [1.54, 1.807) is 6.33 Å². The standard InChI is InChI=1S/C21H27ClN2O2Si/c1-19(2,3)27-26-21(6,7)15-11-23-12-24(15)17-16-13(9-8-10-14(16)22)18(25)20(17,4)5/h8-12,17H,1-7H3. The van der Waals surface area contributed by atoms with Crippen LogP contribution >= 0.6 is 11.6 Å². The first-order valence-corrected chi connectivity index (χ1v) is 10.5. The molecule has 1 aliphatic rings.